The van der Waals surface area contributed by atoms with Gasteiger partial charge in [-0.1, -0.05) is 79.2 Å². The van der Waals surface area contributed by atoms with Gasteiger partial charge < -0.3 is 12.0 Å². The topological polar surface area (TPSA) is 20.2 Å². The number of benzene rings is 2. The van der Waals surface area contributed by atoms with Crippen LogP contribution in [-0.4, -0.2) is 5.11 Å². The molecule has 0 spiro atoms. The van der Waals surface area contributed by atoms with Crippen LogP contribution in [0.1, 0.15) is 72.6 Å². The van der Waals surface area contributed by atoms with Crippen LogP contribution in [0.25, 0.3) is 0 Å². The minimum atomic E-state index is 0. The van der Waals surface area contributed by atoms with Crippen molar-refractivity contribution in [3.05, 3.63) is 79.1 Å². The smallest absolute Gasteiger partial charge is 0.115 e. The Morgan fingerprint density at radius 3 is 1.50 bits per heavy atom. The molecule has 147 valence electrons. The van der Waals surface area contributed by atoms with E-state index in [0.29, 0.717) is 5.75 Å². The van der Waals surface area contributed by atoms with Crippen molar-refractivity contribution in [3.63, 3.8) is 0 Å². The van der Waals surface area contributed by atoms with Crippen LogP contribution in [0.15, 0.2) is 48.5 Å². The zero-order valence-corrected chi connectivity index (χ0v) is 20.1. The van der Waals surface area contributed by atoms with E-state index in [1.54, 1.807) is 12.1 Å². The van der Waals surface area contributed by atoms with E-state index < -0.39 is 0 Å². The van der Waals surface area contributed by atoms with E-state index in [0.717, 1.165) is 17.5 Å². The van der Waals surface area contributed by atoms with Gasteiger partial charge in [0.15, 0.2) is 0 Å². The average Bonchev–Trinajstić information content (AvgIpc) is 2.59. The summed E-state index contributed by atoms with van der Waals surface area (Å²) < 4.78 is 0. The second-order valence-corrected chi connectivity index (χ2v) is 5.86. The predicted octanol–water partition coefficient (Wildman–Crippen LogP) is 7.62. The molecule has 0 aliphatic rings. The number of phenols is 1. The first-order chi connectivity index (χ1) is 11.3. The molecule has 0 heterocycles. The maximum atomic E-state index is 8.83. The molecular formula is C24H40OY-2. The van der Waals surface area contributed by atoms with Crippen molar-refractivity contribution in [2.24, 2.45) is 0 Å². The van der Waals surface area contributed by atoms with E-state index in [1.807, 2.05) is 39.8 Å². The summed E-state index contributed by atoms with van der Waals surface area (Å²) >= 11 is 0. The van der Waals surface area contributed by atoms with Gasteiger partial charge in [-0.25, -0.2) is 0 Å². The van der Waals surface area contributed by atoms with Gasteiger partial charge in [-0.2, -0.15) is 31.0 Å². The fraction of sp³-hybridized carbons (Fsp3) is 0.417. The van der Waals surface area contributed by atoms with Crippen LogP contribution in [0.2, 0.25) is 0 Å². The Hall–Kier alpha value is -0.786. The van der Waals surface area contributed by atoms with Gasteiger partial charge in [-0.15, -0.1) is 12.1 Å². The summed E-state index contributed by atoms with van der Waals surface area (Å²) in [6, 6.07) is 15.5. The van der Waals surface area contributed by atoms with Crippen LogP contribution in [0.3, 0.4) is 0 Å². The first kappa shape index (κ1) is 32.8. The molecule has 0 bridgehead atoms. The quantitative estimate of drug-likeness (QED) is 0.459. The second kappa shape index (κ2) is 19.0. The molecule has 0 amide bonds. The Balaban J connectivity index is -0.000000148. The standard InChI is InChI=1S/C11H15.C8H9O.2C2H6.CH4.Y/c1-9-5-7-10(8-6-9)11(2,3)4;1-2-7-3-5-8(9)6-4-7;2*1-2;;/h5-8H,1H2,2-4H3;3-6,9H,1-2H2;2*1-2H3;1H4;/q2*-1;;;;. The fourth-order valence-electron chi connectivity index (χ4n) is 1.67. The van der Waals surface area contributed by atoms with Crippen LogP contribution in [0.5, 0.6) is 5.75 Å². The van der Waals surface area contributed by atoms with Crippen LogP contribution in [0.4, 0.5) is 0 Å². The van der Waals surface area contributed by atoms with Gasteiger partial charge in [-0.05, 0) is 17.5 Å². The van der Waals surface area contributed by atoms with E-state index in [-0.39, 0.29) is 45.6 Å². The van der Waals surface area contributed by atoms with Crippen LogP contribution >= 0.6 is 0 Å². The van der Waals surface area contributed by atoms with Gasteiger partial charge >= 0.3 is 0 Å². The molecule has 2 rings (SSSR count). The van der Waals surface area contributed by atoms with E-state index >= 15 is 0 Å². The summed E-state index contributed by atoms with van der Waals surface area (Å²) in [5, 5.41) is 8.83. The number of hydrogen-bond donors (Lipinski definition) is 1. The summed E-state index contributed by atoms with van der Waals surface area (Å²) in [6.07, 6.45) is 0.778. The van der Waals surface area contributed by atoms with Crippen molar-refractivity contribution in [1.82, 2.24) is 0 Å². The Labute approximate surface area is 189 Å². The molecule has 26 heavy (non-hydrogen) atoms. The molecule has 0 saturated carbocycles. The molecule has 2 aromatic rings. The number of rotatable bonds is 1. The molecule has 0 aromatic heterocycles. The summed E-state index contributed by atoms with van der Waals surface area (Å²) in [4.78, 5) is 0. The molecule has 2 heteroatoms. The third-order valence-electron chi connectivity index (χ3n) is 3.04. The first-order valence-electron chi connectivity index (χ1n) is 8.82. The van der Waals surface area contributed by atoms with Crippen molar-refractivity contribution in [3.8, 4) is 5.75 Å². The minimum absolute atomic E-state index is 0. The number of phenolic OH excluding ortho intramolecular Hbond substituents is 1. The van der Waals surface area contributed by atoms with Crippen molar-refractivity contribution in [1.29, 1.82) is 0 Å². The Bertz CT molecular complexity index is 507. The van der Waals surface area contributed by atoms with Gasteiger partial charge in [0.25, 0.3) is 0 Å². The van der Waals surface area contributed by atoms with Crippen molar-refractivity contribution in [2.75, 3.05) is 0 Å². The van der Waals surface area contributed by atoms with Gasteiger partial charge in [0.1, 0.15) is 5.75 Å². The molecule has 1 N–H and O–H groups in total. The molecule has 0 aliphatic carbocycles. The molecule has 0 atom stereocenters. The maximum Gasteiger partial charge on any atom is 0.115 e. The Kier molecular flexibility index (Phi) is 24.0. The summed E-state index contributed by atoms with van der Waals surface area (Å²) in [5.74, 6) is 0.312. The summed E-state index contributed by atoms with van der Waals surface area (Å²) in [6.45, 7) is 22.2. The zero-order valence-electron chi connectivity index (χ0n) is 17.3. The van der Waals surface area contributed by atoms with Crippen molar-refractivity contribution < 1.29 is 37.8 Å². The third kappa shape index (κ3) is 15.5. The van der Waals surface area contributed by atoms with Crippen LogP contribution in [0, 0.1) is 13.8 Å². The number of hydrogen-bond acceptors (Lipinski definition) is 1. The van der Waals surface area contributed by atoms with Gasteiger partial charge in [0.2, 0.25) is 0 Å². The van der Waals surface area contributed by atoms with Crippen molar-refractivity contribution >= 4 is 0 Å². The molecule has 2 aromatic carbocycles. The molecule has 0 unspecified atom stereocenters. The van der Waals surface area contributed by atoms with E-state index in [9.17, 15) is 0 Å². The van der Waals surface area contributed by atoms with Crippen molar-refractivity contribution in [2.45, 2.75) is 67.7 Å². The van der Waals surface area contributed by atoms with Gasteiger partial charge in [0, 0.05) is 32.7 Å². The maximum absolute atomic E-state index is 8.83. The van der Waals surface area contributed by atoms with E-state index in [2.05, 4.69) is 58.9 Å². The molecule has 0 saturated heterocycles. The van der Waals surface area contributed by atoms with Gasteiger partial charge in [-0.3, -0.25) is 0 Å². The molecule has 0 fully saturated rings. The van der Waals surface area contributed by atoms with E-state index in [4.69, 9.17) is 5.11 Å². The normalized spacial score (nSPS) is 8.62. The largest absolute Gasteiger partial charge is 0.508 e. The number of aromatic hydroxyl groups is 1. The molecule has 1 nitrogen and oxygen atoms in total. The SMILES string of the molecule is C.CC.CC.[CH2-]Cc1ccc(O)cc1.[CH2-]c1ccc(C(C)(C)C)cc1.[Y]. The summed E-state index contributed by atoms with van der Waals surface area (Å²) in [7, 11) is 0. The Morgan fingerprint density at radius 2 is 1.19 bits per heavy atom. The minimum Gasteiger partial charge on any atom is -0.508 e. The third-order valence-corrected chi connectivity index (χ3v) is 3.04. The van der Waals surface area contributed by atoms with Crippen LogP contribution in [-0.2, 0) is 44.5 Å². The second-order valence-electron chi connectivity index (χ2n) is 5.86. The predicted molar refractivity (Wildman–Crippen MR) is 116 cm³/mol. The van der Waals surface area contributed by atoms with Crippen LogP contribution < -0.4 is 0 Å². The Morgan fingerprint density at radius 1 is 0.808 bits per heavy atom. The zero-order chi connectivity index (χ0) is 19.2. The monoisotopic (exact) mass is 433 g/mol. The van der Waals surface area contributed by atoms with E-state index in [1.165, 1.54) is 5.56 Å². The first-order valence-corrected chi connectivity index (χ1v) is 8.82. The average molecular weight is 433 g/mol. The molecule has 1 radical (unpaired) electrons. The molecular weight excluding hydrogens is 393 g/mol. The summed E-state index contributed by atoms with van der Waals surface area (Å²) in [5.41, 5.74) is 3.85. The fourth-order valence-corrected chi connectivity index (χ4v) is 1.67. The molecule has 0 aliphatic heterocycles. The van der Waals surface area contributed by atoms with Gasteiger partial charge in [0.05, 0.1) is 0 Å².